The number of carbonyl (C=O) groups excluding carboxylic acids is 2. The number of amides is 2. The maximum absolute atomic E-state index is 14.1. The Morgan fingerprint density at radius 2 is 0.941 bits per heavy atom. The number of hydrogen-bond donors (Lipinski definition) is 1. The molecule has 1 N–H and O–H groups in total. The van der Waals surface area contributed by atoms with Gasteiger partial charge in [0.15, 0.2) is 0 Å². The Morgan fingerprint density at radius 3 is 1.28 bits per heavy atom. The first-order valence-corrected chi connectivity index (χ1v) is 21.9. The van der Waals surface area contributed by atoms with Gasteiger partial charge in [0.1, 0.15) is 46.1 Å². The van der Waals surface area contributed by atoms with Crippen LogP contribution in [0.4, 0.5) is 35.9 Å². The standard InChI is InChI=1S/C27H26F3NO3.C26H24F3NO3.Na.H/c1-18(19-3-5-20(6-4-19)24-12-11-23(29)17-25(24)30)31-15-13-27(14-16-33-2,34-26(31)32)21-7-9-22(28)10-8-21;1-17(18-2-4-19(5-3-18)23-11-10-22(28)16-24(23)29)30-14-12-26(13-15-31,33-25(30)32)20-6-8-21(27)9-7-20;;/h3-12,17-18H,13-16H2,1-2H3;2-11,16-17,31H,12-15H2,1H3;;/q;;+1;-1/t18-,27-;17-,26-;;/m00../s1. The molecule has 2 heterocycles. The fourth-order valence-corrected chi connectivity index (χ4v) is 8.73. The van der Waals surface area contributed by atoms with E-state index in [-0.39, 0.29) is 67.7 Å². The summed E-state index contributed by atoms with van der Waals surface area (Å²) in [6.45, 7) is 4.80. The van der Waals surface area contributed by atoms with E-state index >= 15 is 0 Å². The van der Waals surface area contributed by atoms with Crippen molar-refractivity contribution >= 4 is 12.2 Å². The number of ether oxygens (including phenoxy) is 3. The predicted molar refractivity (Wildman–Crippen MR) is 241 cm³/mol. The molecule has 0 saturated carbocycles. The third kappa shape index (κ3) is 11.6. The summed E-state index contributed by atoms with van der Waals surface area (Å²) >= 11 is 0. The first-order chi connectivity index (χ1) is 32.2. The normalized spacial score (nSPS) is 18.9. The van der Waals surface area contributed by atoms with Gasteiger partial charge in [-0.15, -0.1) is 0 Å². The van der Waals surface area contributed by atoms with Crippen LogP contribution >= 0.6 is 0 Å². The van der Waals surface area contributed by atoms with Gasteiger partial charge in [0.05, 0.1) is 18.7 Å². The van der Waals surface area contributed by atoms with Crippen LogP contribution in [0.15, 0.2) is 133 Å². The van der Waals surface area contributed by atoms with E-state index in [0.717, 1.165) is 28.8 Å². The van der Waals surface area contributed by atoms with Crippen LogP contribution in [0.5, 0.6) is 0 Å². The molecule has 0 aromatic heterocycles. The minimum atomic E-state index is -1.01. The average Bonchev–Trinajstić information content (AvgIpc) is 3.31. The fourth-order valence-electron chi connectivity index (χ4n) is 8.73. The third-order valence-corrected chi connectivity index (χ3v) is 12.7. The van der Waals surface area contributed by atoms with E-state index in [1.54, 1.807) is 77.6 Å². The van der Waals surface area contributed by atoms with E-state index in [1.807, 2.05) is 26.0 Å². The van der Waals surface area contributed by atoms with Gasteiger partial charge in [0, 0.05) is 75.7 Å². The van der Waals surface area contributed by atoms with Crippen LogP contribution < -0.4 is 29.6 Å². The summed E-state index contributed by atoms with van der Waals surface area (Å²) < 4.78 is 98.5. The van der Waals surface area contributed by atoms with Crippen LogP contribution in [-0.4, -0.2) is 60.5 Å². The summed E-state index contributed by atoms with van der Waals surface area (Å²) in [6.07, 6.45) is 0.643. The zero-order chi connectivity index (χ0) is 47.9. The molecule has 352 valence electrons. The molecule has 2 amide bonds. The third-order valence-electron chi connectivity index (χ3n) is 12.7. The number of carbonyl (C=O) groups is 2. The Hall–Kier alpha value is -5.64. The summed E-state index contributed by atoms with van der Waals surface area (Å²) in [4.78, 5) is 29.3. The van der Waals surface area contributed by atoms with Crippen LogP contribution in [0.2, 0.25) is 0 Å². The molecule has 0 unspecified atom stereocenters. The molecule has 0 radical (unpaired) electrons. The second kappa shape index (κ2) is 22.6. The zero-order valence-electron chi connectivity index (χ0n) is 39.2. The molecule has 8 rings (SSSR count). The molecular formula is C53H51F6N2NaO6. The maximum Gasteiger partial charge on any atom is 1.00 e. The van der Waals surface area contributed by atoms with Crippen molar-refractivity contribution in [3.05, 3.63) is 191 Å². The number of aliphatic hydroxyl groups excluding tert-OH is 1. The second-order valence-electron chi connectivity index (χ2n) is 16.7. The van der Waals surface area contributed by atoms with Crippen LogP contribution in [0.25, 0.3) is 22.3 Å². The summed E-state index contributed by atoms with van der Waals surface area (Å²) in [5.74, 6) is -3.28. The summed E-state index contributed by atoms with van der Waals surface area (Å²) in [5, 5.41) is 9.57. The number of rotatable bonds is 13. The topological polar surface area (TPSA) is 88.5 Å². The number of cyclic esters (lactones) is 2. The van der Waals surface area contributed by atoms with Crippen molar-refractivity contribution in [1.29, 1.82) is 0 Å². The van der Waals surface area contributed by atoms with Crippen molar-refractivity contribution in [3.63, 3.8) is 0 Å². The molecular weight excluding hydrogens is 898 g/mol. The molecule has 6 aromatic carbocycles. The van der Waals surface area contributed by atoms with Gasteiger partial charge in [0.2, 0.25) is 0 Å². The van der Waals surface area contributed by atoms with Gasteiger partial charge in [-0.05, 0) is 95.8 Å². The number of hydrogen-bond acceptors (Lipinski definition) is 6. The van der Waals surface area contributed by atoms with Crippen LogP contribution in [0.1, 0.15) is 75.3 Å². The second-order valence-corrected chi connectivity index (χ2v) is 16.7. The smallest absolute Gasteiger partial charge is 1.00 e. The molecule has 2 aliphatic rings. The minimum absolute atomic E-state index is 0. The largest absolute Gasteiger partial charge is 1.00 e. The zero-order valence-corrected chi connectivity index (χ0v) is 40.2. The summed E-state index contributed by atoms with van der Waals surface area (Å²) in [5.41, 5.74) is 2.97. The average molecular weight is 949 g/mol. The Labute approximate surface area is 415 Å². The molecule has 2 aliphatic heterocycles. The Kier molecular flexibility index (Phi) is 17.2. The van der Waals surface area contributed by atoms with Gasteiger partial charge in [-0.25, -0.2) is 35.9 Å². The Morgan fingerprint density at radius 1 is 0.574 bits per heavy atom. The van der Waals surface area contributed by atoms with Gasteiger partial charge >= 0.3 is 41.7 Å². The van der Waals surface area contributed by atoms with Crippen molar-refractivity contribution in [2.75, 3.05) is 33.4 Å². The molecule has 8 nitrogen and oxygen atoms in total. The quantitative estimate of drug-likeness (QED) is 0.0917. The van der Waals surface area contributed by atoms with Crippen LogP contribution in [-0.2, 0) is 25.4 Å². The van der Waals surface area contributed by atoms with Gasteiger partial charge in [-0.1, -0.05) is 72.8 Å². The monoisotopic (exact) mass is 948 g/mol. The number of nitrogens with zero attached hydrogens (tertiary/aromatic N) is 2. The van der Waals surface area contributed by atoms with Gasteiger partial charge < -0.3 is 30.5 Å². The van der Waals surface area contributed by atoms with E-state index in [2.05, 4.69) is 0 Å². The fraction of sp³-hybridized carbons (Fsp3) is 0.283. The van der Waals surface area contributed by atoms with Gasteiger partial charge in [-0.3, -0.25) is 0 Å². The molecule has 2 saturated heterocycles. The molecule has 0 bridgehead atoms. The summed E-state index contributed by atoms with van der Waals surface area (Å²) in [6, 6.07) is 32.3. The SMILES string of the molecule is COCC[C@]1(c2ccc(F)cc2)CCN([C@@H](C)c2ccc(-c3ccc(F)cc3F)cc2)C(=O)O1.C[C@@H](c1ccc(-c2ccc(F)cc2F)cc1)N1CC[C@](CCO)(c2ccc(F)cc2)OC1=O.[H-].[Na+]. The number of halogens is 6. The van der Waals surface area contributed by atoms with Crippen molar-refractivity contribution in [1.82, 2.24) is 9.80 Å². The minimum Gasteiger partial charge on any atom is -1.00 e. The molecule has 4 atom stereocenters. The molecule has 0 aliphatic carbocycles. The van der Waals surface area contributed by atoms with Gasteiger partial charge in [-0.2, -0.15) is 0 Å². The Bertz CT molecular complexity index is 2670. The molecule has 6 aromatic rings. The van der Waals surface area contributed by atoms with Crippen molar-refractivity contribution < 1.29 is 86.2 Å². The van der Waals surface area contributed by atoms with Crippen molar-refractivity contribution in [2.24, 2.45) is 0 Å². The molecule has 68 heavy (non-hydrogen) atoms. The van der Waals surface area contributed by atoms with Gasteiger partial charge in [0.25, 0.3) is 0 Å². The van der Waals surface area contributed by atoms with Crippen molar-refractivity contribution in [3.8, 4) is 22.3 Å². The Balaban J connectivity index is 0.000000250. The summed E-state index contributed by atoms with van der Waals surface area (Å²) in [7, 11) is 1.58. The maximum atomic E-state index is 14.1. The first-order valence-electron chi connectivity index (χ1n) is 21.9. The van der Waals surface area contributed by atoms with E-state index in [9.17, 15) is 41.0 Å². The van der Waals surface area contributed by atoms with Crippen LogP contribution in [0, 0.1) is 34.9 Å². The molecule has 15 heteroatoms. The number of aliphatic hydroxyl groups is 1. The van der Waals surface area contributed by atoms with Crippen molar-refractivity contribution in [2.45, 2.75) is 62.8 Å². The van der Waals surface area contributed by atoms with E-state index in [0.29, 0.717) is 66.8 Å². The van der Waals surface area contributed by atoms with E-state index < -0.39 is 46.7 Å². The molecule has 2 fully saturated rings. The van der Waals surface area contributed by atoms with Crippen LogP contribution in [0.3, 0.4) is 0 Å². The number of benzene rings is 6. The number of methoxy groups -OCH3 is 1. The first kappa shape index (κ1) is 51.7. The van der Waals surface area contributed by atoms with E-state index in [4.69, 9.17) is 14.2 Å². The molecule has 0 spiro atoms. The van der Waals surface area contributed by atoms with E-state index in [1.165, 1.54) is 48.5 Å². The predicted octanol–water partition coefficient (Wildman–Crippen LogP) is 9.67.